The molecule has 0 aliphatic heterocycles. The van der Waals surface area contributed by atoms with Gasteiger partial charge in [0, 0.05) is 17.8 Å². The highest BCUT2D eigenvalue weighted by atomic mass is 32.2. The molecule has 0 fully saturated rings. The van der Waals surface area contributed by atoms with Crippen molar-refractivity contribution in [1.82, 2.24) is 0 Å². The van der Waals surface area contributed by atoms with Gasteiger partial charge < -0.3 is 10.1 Å². The van der Waals surface area contributed by atoms with Crippen molar-refractivity contribution in [2.45, 2.75) is 6.92 Å². The average Bonchev–Trinajstić information content (AvgIpc) is 2.59. The molecule has 2 rings (SSSR count). The Balaban J connectivity index is 2.30. The Morgan fingerprint density at radius 2 is 1.96 bits per heavy atom. The predicted octanol–water partition coefficient (Wildman–Crippen LogP) is 2.32. The summed E-state index contributed by atoms with van der Waals surface area (Å²) >= 11 is 0. The van der Waals surface area contributed by atoms with Crippen LogP contribution in [-0.2, 0) is 14.8 Å². The average molecular weight is 393 g/mol. The van der Waals surface area contributed by atoms with Gasteiger partial charge in [-0.05, 0) is 30.7 Å². The van der Waals surface area contributed by atoms with Gasteiger partial charge in [-0.3, -0.25) is 19.2 Å². The second kappa shape index (κ2) is 8.04. The van der Waals surface area contributed by atoms with Crippen LogP contribution in [0.15, 0.2) is 42.5 Å². The Morgan fingerprint density at radius 3 is 2.56 bits per heavy atom. The number of nitrogens with zero attached hydrogens (tertiary/aromatic N) is 2. The Labute approximate surface area is 156 Å². The number of hydrogen-bond donors (Lipinski definition) is 1. The van der Waals surface area contributed by atoms with E-state index in [-0.39, 0.29) is 17.1 Å². The number of anilines is 2. The maximum Gasteiger partial charge on any atom is 0.271 e. The number of benzene rings is 2. The Bertz CT molecular complexity index is 974. The monoisotopic (exact) mass is 393 g/mol. The summed E-state index contributed by atoms with van der Waals surface area (Å²) in [5.74, 6) is -0.348. The van der Waals surface area contributed by atoms with Gasteiger partial charge in [-0.1, -0.05) is 12.1 Å². The lowest BCUT2D eigenvalue weighted by molar-refractivity contribution is -0.384. The summed E-state index contributed by atoms with van der Waals surface area (Å²) in [7, 11) is -2.39. The maximum absolute atomic E-state index is 12.4. The van der Waals surface area contributed by atoms with E-state index < -0.39 is 27.4 Å². The molecule has 0 spiro atoms. The Kier molecular flexibility index (Phi) is 6.01. The first-order valence-electron chi connectivity index (χ1n) is 7.78. The fourth-order valence-electron chi connectivity index (χ4n) is 2.40. The molecule has 144 valence electrons. The molecular weight excluding hydrogens is 374 g/mol. The third-order valence-electron chi connectivity index (χ3n) is 3.63. The highest BCUT2D eigenvalue weighted by Crippen LogP contribution is 2.31. The molecule has 1 amide bonds. The van der Waals surface area contributed by atoms with Gasteiger partial charge in [0.15, 0.2) is 0 Å². The van der Waals surface area contributed by atoms with Crippen molar-refractivity contribution in [2.24, 2.45) is 0 Å². The molecule has 0 saturated heterocycles. The number of nitrogens with one attached hydrogen (secondary N) is 1. The number of carbonyl (C=O) groups excluding carboxylic acids is 1. The minimum atomic E-state index is -3.79. The van der Waals surface area contributed by atoms with Crippen LogP contribution >= 0.6 is 0 Å². The van der Waals surface area contributed by atoms with Crippen LogP contribution in [0.1, 0.15) is 5.56 Å². The zero-order valence-corrected chi connectivity index (χ0v) is 15.8. The van der Waals surface area contributed by atoms with Crippen molar-refractivity contribution < 1.29 is 22.9 Å². The first-order chi connectivity index (χ1) is 12.6. The number of ether oxygens (including phenoxy) is 1. The van der Waals surface area contributed by atoms with Crippen LogP contribution in [-0.4, -0.2) is 39.2 Å². The van der Waals surface area contributed by atoms with Crippen LogP contribution in [0.5, 0.6) is 5.75 Å². The van der Waals surface area contributed by atoms with Crippen LogP contribution in [0.25, 0.3) is 0 Å². The van der Waals surface area contributed by atoms with Crippen LogP contribution < -0.4 is 14.4 Å². The van der Waals surface area contributed by atoms with E-state index in [1.165, 1.54) is 31.4 Å². The summed E-state index contributed by atoms with van der Waals surface area (Å²) in [6.45, 7) is 1.27. The first kappa shape index (κ1) is 20.2. The molecule has 0 bridgehead atoms. The SMILES string of the molecule is COc1ccc(C)cc1N(CC(=O)Nc1cccc([N+](=O)[O-])c1)S(C)(=O)=O. The maximum atomic E-state index is 12.4. The van der Waals surface area contributed by atoms with Crippen molar-refractivity contribution in [3.63, 3.8) is 0 Å². The molecule has 0 aliphatic rings. The van der Waals surface area contributed by atoms with Crippen LogP contribution in [0.2, 0.25) is 0 Å². The molecule has 2 aromatic carbocycles. The number of carbonyl (C=O) groups is 1. The normalized spacial score (nSPS) is 10.9. The molecule has 9 nitrogen and oxygen atoms in total. The highest BCUT2D eigenvalue weighted by molar-refractivity contribution is 7.92. The summed E-state index contributed by atoms with van der Waals surface area (Å²) in [6, 6.07) is 10.3. The van der Waals surface area contributed by atoms with Gasteiger partial charge in [0.1, 0.15) is 12.3 Å². The second-order valence-electron chi connectivity index (χ2n) is 5.80. The number of amides is 1. The highest BCUT2D eigenvalue weighted by Gasteiger charge is 2.24. The lowest BCUT2D eigenvalue weighted by Gasteiger charge is -2.24. The summed E-state index contributed by atoms with van der Waals surface area (Å²) in [5, 5.41) is 13.3. The van der Waals surface area contributed by atoms with Gasteiger partial charge in [-0.2, -0.15) is 0 Å². The van der Waals surface area contributed by atoms with E-state index in [2.05, 4.69) is 5.32 Å². The molecule has 0 atom stereocenters. The number of rotatable bonds is 7. The van der Waals surface area contributed by atoms with Crippen LogP contribution in [0.4, 0.5) is 17.1 Å². The van der Waals surface area contributed by atoms with E-state index in [9.17, 15) is 23.3 Å². The number of methoxy groups -OCH3 is 1. The van der Waals surface area contributed by atoms with Crippen molar-refractivity contribution in [3.8, 4) is 5.75 Å². The number of non-ortho nitro benzene ring substituents is 1. The fraction of sp³-hybridized carbons (Fsp3) is 0.235. The number of sulfonamides is 1. The minimum Gasteiger partial charge on any atom is -0.495 e. The number of aryl methyl sites for hydroxylation is 1. The van der Waals surface area contributed by atoms with Gasteiger partial charge in [0.2, 0.25) is 15.9 Å². The summed E-state index contributed by atoms with van der Waals surface area (Å²) in [6.07, 6.45) is 0.982. The molecule has 0 heterocycles. The summed E-state index contributed by atoms with van der Waals surface area (Å²) in [4.78, 5) is 22.6. The van der Waals surface area contributed by atoms with Gasteiger partial charge in [0.25, 0.3) is 5.69 Å². The van der Waals surface area contributed by atoms with Gasteiger partial charge >= 0.3 is 0 Å². The van der Waals surface area contributed by atoms with Crippen molar-refractivity contribution in [1.29, 1.82) is 0 Å². The molecule has 1 N–H and O–H groups in total. The van der Waals surface area contributed by atoms with E-state index >= 15 is 0 Å². The van der Waals surface area contributed by atoms with E-state index in [0.717, 1.165) is 16.1 Å². The molecule has 0 radical (unpaired) electrons. The molecule has 0 unspecified atom stereocenters. The zero-order valence-electron chi connectivity index (χ0n) is 15.0. The van der Waals surface area contributed by atoms with Crippen molar-refractivity contribution in [2.75, 3.05) is 29.5 Å². The lowest BCUT2D eigenvalue weighted by Crippen LogP contribution is -2.37. The minimum absolute atomic E-state index is 0.187. The Morgan fingerprint density at radius 1 is 1.26 bits per heavy atom. The first-order valence-corrected chi connectivity index (χ1v) is 9.63. The van der Waals surface area contributed by atoms with E-state index in [0.29, 0.717) is 5.75 Å². The van der Waals surface area contributed by atoms with Gasteiger partial charge in [0.05, 0.1) is 24.0 Å². The fourth-order valence-corrected chi connectivity index (χ4v) is 3.26. The van der Waals surface area contributed by atoms with Crippen molar-refractivity contribution >= 4 is 33.0 Å². The van der Waals surface area contributed by atoms with Crippen LogP contribution in [0.3, 0.4) is 0 Å². The smallest absolute Gasteiger partial charge is 0.271 e. The zero-order chi connectivity index (χ0) is 20.2. The molecule has 0 aromatic heterocycles. The van der Waals surface area contributed by atoms with E-state index in [4.69, 9.17) is 4.74 Å². The summed E-state index contributed by atoms with van der Waals surface area (Å²) in [5.41, 5.74) is 1.03. The van der Waals surface area contributed by atoms with Gasteiger partial charge in [-0.15, -0.1) is 0 Å². The summed E-state index contributed by atoms with van der Waals surface area (Å²) < 4.78 is 30.6. The number of nitro benzene ring substituents is 1. The molecular formula is C17H19N3O6S. The predicted molar refractivity (Wildman–Crippen MR) is 102 cm³/mol. The third-order valence-corrected chi connectivity index (χ3v) is 4.76. The van der Waals surface area contributed by atoms with Crippen LogP contribution in [0, 0.1) is 17.0 Å². The quantitative estimate of drug-likeness (QED) is 0.569. The number of hydrogen-bond acceptors (Lipinski definition) is 6. The van der Waals surface area contributed by atoms with Crippen molar-refractivity contribution in [3.05, 3.63) is 58.1 Å². The molecule has 2 aromatic rings. The van der Waals surface area contributed by atoms with E-state index in [1.54, 1.807) is 25.1 Å². The Hall–Kier alpha value is -3.14. The topological polar surface area (TPSA) is 119 Å². The number of nitro groups is 1. The standard InChI is InChI=1S/C17H19N3O6S/c1-12-7-8-16(26-2)15(9-12)19(27(3,24)25)11-17(21)18-13-5-4-6-14(10-13)20(22)23/h4-10H,11H2,1-3H3,(H,18,21). The molecule has 0 saturated carbocycles. The lowest BCUT2D eigenvalue weighted by atomic mass is 10.2. The second-order valence-corrected chi connectivity index (χ2v) is 7.71. The molecule has 10 heteroatoms. The van der Waals surface area contributed by atoms with E-state index in [1.807, 2.05) is 0 Å². The third kappa shape index (κ3) is 5.17. The molecule has 27 heavy (non-hydrogen) atoms. The molecule has 0 aliphatic carbocycles. The van der Waals surface area contributed by atoms with Gasteiger partial charge in [-0.25, -0.2) is 8.42 Å². The largest absolute Gasteiger partial charge is 0.495 e.